The van der Waals surface area contributed by atoms with Crippen molar-refractivity contribution >= 4 is 36.6 Å². The molecule has 3 aromatic rings. The highest BCUT2D eigenvalue weighted by molar-refractivity contribution is 7.99. The molecule has 5 nitrogen and oxygen atoms in total. The molecule has 0 amide bonds. The second-order valence-corrected chi connectivity index (χ2v) is 10.1. The summed E-state index contributed by atoms with van der Waals surface area (Å²) in [6.07, 6.45) is 2.50. The highest BCUT2D eigenvalue weighted by Gasteiger charge is 2.57. The molecule has 0 unspecified atom stereocenters. The summed E-state index contributed by atoms with van der Waals surface area (Å²) >= 11 is 1.72. The summed E-state index contributed by atoms with van der Waals surface area (Å²) in [4.78, 5) is 6.55. The standard InChI is InChI=1S/C24H26F3N5S.2ClH/c1-31-21(18-7-10-28-11-8-18)29-30-22(31)33-14-2-12-32-13-9-23(16-32)15-20(23)17-3-5-19(6-4-17)24(25,26)27;;/h3-8,10-11,20H,2,9,12-16H2,1H3;2*1H/t20-,23+;;/m0../s1. The van der Waals surface area contributed by atoms with Crippen LogP contribution in [-0.2, 0) is 13.2 Å². The second kappa shape index (κ2) is 11.1. The smallest absolute Gasteiger partial charge is 0.305 e. The maximum Gasteiger partial charge on any atom is 0.416 e. The van der Waals surface area contributed by atoms with Crippen molar-refractivity contribution in [2.24, 2.45) is 12.5 Å². The molecular weight excluding hydrogens is 518 g/mol. The molecule has 0 radical (unpaired) electrons. The third kappa shape index (κ3) is 5.96. The maximum absolute atomic E-state index is 12.8. The van der Waals surface area contributed by atoms with Gasteiger partial charge < -0.3 is 9.47 Å². The number of likely N-dealkylation sites (tertiary alicyclic amines) is 1. The molecule has 0 bridgehead atoms. The molecular formula is C24H28Cl2F3N5S. The molecule has 2 aromatic heterocycles. The molecule has 1 aliphatic heterocycles. The maximum atomic E-state index is 12.8. The summed E-state index contributed by atoms with van der Waals surface area (Å²) in [7, 11) is 1.98. The fraction of sp³-hybridized carbons (Fsp3) is 0.458. The zero-order valence-corrected chi connectivity index (χ0v) is 21.7. The number of nitrogens with zero attached hydrogens (tertiary/aromatic N) is 5. The molecule has 2 atom stereocenters. The molecule has 1 saturated heterocycles. The molecule has 3 heterocycles. The lowest BCUT2D eigenvalue weighted by Gasteiger charge is -2.16. The highest BCUT2D eigenvalue weighted by atomic mass is 35.5. The van der Waals surface area contributed by atoms with E-state index in [1.54, 1.807) is 36.3 Å². The topological polar surface area (TPSA) is 46.8 Å². The van der Waals surface area contributed by atoms with E-state index in [1.165, 1.54) is 12.1 Å². The fourth-order valence-corrected chi connectivity index (χ4v) is 5.83. The van der Waals surface area contributed by atoms with Gasteiger partial charge in [-0.1, -0.05) is 23.9 Å². The predicted molar refractivity (Wildman–Crippen MR) is 136 cm³/mol. The summed E-state index contributed by atoms with van der Waals surface area (Å²) in [5.74, 6) is 2.20. The predicted octanol–water partition coefficient (Wildman–Crippen LogP) is 6.10. The summed E-state index contributed by atoms with van der Waals surface area (Å²) in [6, 6.07) is 9.63. The molecule has 11 heteroatoms. The first kappa shape index (κ1) is 27.8. The Morgan fingerprint density at radius 1 is 1.06 bits per heavy atom. The Bertz CT molecular complexity index is 1110. The van der Waals surface area contributed by atoms with Gasteiger partial charge in [0.05, 0.1) is 5.56 Å². The highest BCUT2D eigenvalue weighted by Crippen LogP contribution is 2.64. The van der Waals surface area contributed by atoms with Crippen molar-refractivity contribution in [3.8, 4) is 11.4 Å². The Labute approximate surface area is 219 Å². The number of thioether (sulfide) groups is 1. The van der Waals surface area contributed by atoms with Crippen LogP contribution in [-0.4, -0.2) is 50.0 Å². The second-order valence-electron chi connectivity index (χ2n) is 9.07. The number of halogens is 5. The van der Waals surface area contributed by atoms with Crippen LogP contribution in [0.5, 0.6) is 0 Å². The van der Waals surface area contributed by atoms with Crippen molar-refractivity contribution in [1.82, 2.24) is 24.6 Å². The summed E-state index contributed by atoms with van der Waals surface area (Å²) in [5.41, 5.74) is 1.74. The minimum Gasteiger partial charge on any atom is -0.305 e. The van der Waals surface area contributed by atoms with Crippen LogP contribution >= 0.6 is 36.6 Å². The van der Waals surface area contributed by atoms with E-state index in [1.807, 2.05) is 23.7 Å². The van der Waals surface area contributed by atoms with Crippen molar-refractivity contribution in [2.75, 3.05) is 25.4 Å². The van der Waals surface area contributed by atoms with Crippen LogP contribution in [0, 0.1) is 5.41 Å². The van der Waals surface area contributed by atoms with Gasteiger partial charge in [-0.05, 0) is 73.5 Å². The largest absolute Gasteiger partial charge is 0.416 e. The Hall–Kier alpha value is -1.81. The van der Waals surface area contributed by atoms with Crippen molar-refractivity contribution in [3.05, 3.63) is 59.9 Å². The zero-order chi connectivity index (χ0) is 23.1. The van der Waals surface area contributed by atoms with Crippen LogP contribution in [0.25, 0.3) is 11.4 Å². The number of benzene rings is 1. The summed E-state index contributed by atoms with van der Waals surface area (Å²) in [5, 5.41) is 9.55. The average molecular weight is 546 g/mol. The van der Waals surface area contributed by atoms with Crippen LogP contribution in [0.15, 0.2) is 53.9 Å². The van der Waals surface area contributed by atoms with Crippen molar-refractivity contribution < 1.29 is 13.2 Å². The Morgan fingerprint density at radius 2 is 1.77 bits per heavy atom. The quantitative estimate of drug-likeness (QED) is 0.265. The summed E-state index contributed by atoms with van der Waals surface area (Å²) in [6.45, 7) is 3.14. The molecule has 1 saturated carbocycles. The molecule has 1 aliphatic carbocycles. The Balaban J connectivity index is 0.00000171. The number of hydrogen-bond donors (Lipinski definition) is 0. The zero-order valence-electron chi connectivity index (χ0n) is 19.2. The first-order valence-electron chi connectivity index (χ1n) is 11.2. The molecule has 5 rings (SSSR count). The van der Waals surface area contributed by atoms with Gasteiger partial charge >= 0.3 is 6.18 Å². The number of rotatable bonds is 7. The molecule has 35 heavy (non-hydrogen) atoms. The van der Waals surface area contributed by atoms with E-state index in [-0.39, 0.29) is 30.2 Å². The lowest BCUT2D eigenvalue weighted by atomic mass is 9.97. The first-order chi connectivity index (χ1) is 15.9. The molecule has 190 valence electrons. The Kier molecular flexibility index (Phi) is 8.78. The number of aromatic nitrogens is 4. The van der Waals surface area contributed by atoms with E-state index in [4.69, 9.17) is 0 Å². The van der Waals surface area contributed by atoms with Gasteiger partial charge in [0.1, 0.15) is 0 Å². The van der Waals surface area contributed by atoms with Crippen LogP contribution in [0.1, 0.15) is 36.3 Å². The lowest BCUT2D eigenvalue weighted by molar-refractivity contribution is -0.137. The normalized spacial score (nSPS) is 21.5. The molecule has 1 spiro atoms. The SMILES string of the molecule is Cl.Cl.Cn1c(SCCCN2CC[C@@]3(C[C@H]3c3ccc(C(F)(F)F)cc3)C2)nnc1-c1ccncc1. The van der Waals surface area contributed by atoms with Crippen molar-refractivity contribution in [1.29, 1.82) is 0 Å². The van der Waals surface area contributed by atoms with Gasteiger partial charge in [-0.25, -0.2) is 0 Å². The van der Waals surface area contributed by atoms with Gasteiger partial charge in [-0.2, -0.15) is 13.2 Å². The van der Waals surface area contributed by atoms with Crippen molar-refractivity contribution in [3.63, 3.8) is 0 Å². The van der Waals surface area contributed by atoms with E-state index in [0.717, 1.165) is 66.8 Å². The van der Waals surface area contributed by atoms with Crippen LogP contribution in [0.3, 0.4) is 0 Å². The van der Waals surface area contributed by atoms with Crippen LogP contribution in [0.2, 0.25) is 0 Å². The van der Waals surface area contributed by atoms with E-state index < -0.39 is 11.7 Å². The van der Waals surface area contributed by atoms with E-state index in [2.05, 4.69) is 20.1 Å². The molecule has 2 fully saturated rings. The van der Waals surface area contributed by atoms with Crippen molar-refractivity contribution in [2.45, 2.75) is 36.5 Å². The number of pyridine rings is 1. The molecule has 2 aliphatic rings. The average Bonchev–Trinajstić information content (AvgIpc) is 3.15. The Morgan fingerprint density at radius 3 is 2.46 bits per heavy atom. The monoisotopic (exact) mass is 545 g/mol. The van der Waals surface area contributed by atoms with Crippen LogP contribution < -0.4 is 0 Å². The molecule has 0 N–H and O–H groups in total. The number of alkyl halides is 3. The fourth-order valence-electron chi connectivity index (χ4n) is 4.99. The van der Waals surface area contributed by atoms with Gasteiger partial charge in [-0.15, -0.1) is 35.0 Å². The first-order valence-corrected chi connectivity index (χ1v) is 12.2. The third-order valence-corrected chi connectivity index (χ3v) is 8.02. The lowest BCUT2D eigenvalue weighted by Crippen LogP contribution is -2.23. The van der Waals surface area contributed by atoms with Gasteiger partial charge in [0.15, 0.2) is 11.0 Å². The van der Waals surface area contributed by atoms with Gasteiger partial charge in [0.2, 0.25) is 0 Å². The van der Waals surface area contributed by atoms with Gasteiger partial charge in [0, 0.05) is 37.3 Å². The van der Waals surface area contributed by atoms with E-state index in [0.29, 0.717) is 5.92 Å². The minimum absolute atomic E-state index is 0. The van der Waals surface area contributed by atoms with Gasteiger partial charge in [-0.3, -0.25) is 4.98 Å². The summed E-state index contributed by atoms with van der Waals surface area (Å²) < 4.78 is 40.5. The van der Waals surface area contributed by atoms with Gasteiger partial charge in [0.25, 0.3) is 0 Å². The number of hydrogen-bond acceptors (Lipinski definition) is 5. The molecule has 1 aromatic carbocycles. The third-order valence-electron chi connectivity index (χ3n) is 6.92. The van der Waals surface area contributed by atoms with E-state index in [9.17, 15) is 13.2 Å². The minimum atomic E-state index is -4.27. The van der Waals surface area contributed by atoms with Crippen LogP contribution in [0.4, 0.5) is 13.2 Å². The van der Waals surface area contributed by atoms with E-state index >= 15 is 0 Å².